The topological polar surface area (TPSA) is 126 Å². The first-order chi connectivity index (χ1) is 45.1. The average Bonchev–Trinajstić information content (AvgIpc) is 1.55. The smallest absolute Gasteiger partial charge is 0.248 e. The molecule has 3 aliphatic carbocycles. The Morgan fingerprint density at radius 2 is 0.549 bits per heavy atom. The van der Waals surface area contributed by atoms with Crippen molar-refractivity contribution in [3.63, 3.8) is 0 Å². The largest absolute Gasteiger partial charge is 0.457 e. The number of nitrogens with zero attached hydrogens (tertiary/aromatic N) is 7. The molecule has 19 rings (SSSR count). The molecule has 2 spiro atoms. The Balaban J connectivity index is 0.661. The minimum atomic E-state index is -0.799. The summed E-state index contributed by atoms with van der Waals surface area (Å²) >= 11 is 0. The van der Waals surface area contributed by atoms with E-state index >= 15 is 0 Å². The van der Waals surface area contributed by atoms with E-state index in [0.717, 1.165) is 95.0 Å². The molecule has 3 aromatic heterocycles. The van der Waals surface area contributed by atoms with Crippen molar-refractivity contribution in [3.8, 4) is 136 Å². The van der Waals surface area contributed by atoms with E-state index in [-0.39, 0.29) is 0 Å². The quantitative estimate of drug-likeness (QED) is 0.145. The zero-order valence-corrected chi connectivity index (χ0v) is 48.5. The van der Waals surface area contributed by atoms with E-state index in [2.05, 4.69) is 221 Å². The number of hydrogen-bond donors (Lipinski definition) is 0. The lowest BCUT2D eigenvalue weighted by Gasteiger charge is -2.39. The predicted octanol–water partition coefficient (Wildman–Crippen LogP) is 18.8. The van der Waals surface area contributed by atoms with Crippen LogP contribution < -0.4 is 4.74 Å². The Morgan fingerprint density at radius 3 is 1.11 bits per heavy atom. The normalized spacial score (nSPS) is 14.6. The number of hydrogen-bond acceptors (Lipinski definition) is 10. The van der Waals surface area contributed by atoms with Gasteiger partial charge in [-0.1, -0.05) is 212 Å². The van der Waals surface area contributed by atoms with Gasteiger partial charge in [-0.05, 0) is 151 Å². The van der Waals surface area contributed by atoms with Crippen LogP contribution in [-0.4, -0.2) is 35.3 Å². The van der Waals surface area contributed by atoms with Crippen LogP contribution in [0, 0.1) is 0 Å². The molecule has 10 heteroatoms. The Kier molecular flexibility index (Phi) is 11.0. The fourth-order valence-corrected chi connectivity index (χ4v) is 14.9. The minimum absolute atomic E-state index is 0.383. The van der Waals surface area contributed by atoms with Crippen LogP contribution in [0.2, 0.25) is 0 Å². The van der Waals surface area contributed by atoms with Crippen LogP contribution in [0.5, 0.6) is 11.5 Å². The number of para-hydroxylation sites is 1. The maximum atomic E-state index is 6.79. The minimum Gasteiger partial charge on any atom is -0.457 e. The van der Waals surface area contributed by atoms with Crippen LogP contribution in [-0.2, 0) is 10.8 Å². The van der Waals surface area contributed by atoms with Crippen molar-refractivity contribution in [1.29, 1.82) is 0 Å². The summed E-state index contributed by atoms with van der Waals surface area (Å²) in [5, 5.41) is 18.3. The van der Waals surface area contributed by atoms with Crippen molar-refractivity contribution in [2.75, 3.05) is 0 Å². The summed E-state index contributed by atoms with van der Waals surface area (Å²) in [5.41, 5.74) is 23.1. The van der Waals surface area contributed by atoms with Crippen LogP contribution in [0.4, 0.5) is 0 Å². The number of ether oxygens (including phenoxy) is 1. The van der Waals surface area contributed by atoms with Crippen LogP contribution in [0.1, 0.15) is 44.5 Å². The fraction of sp³-hybridized carbons (Fsp3) is 0.0247. The highest BCUT2D eigenvalue weighted by atomic mass is 16.5. The third-order valence-electron chi connectivity index (χ3n) is 18.8. The van der Waals surface area contributed by atoms with Gasteiger partial charge in [0.1, 0.15) is 11.5 Å². The van der Waals surface area contributed by atoms with Gasteiger partial charge in [-0.15, -0.1) is 20.4 Å². The monoisotopic (exact) mass is 1170 g/mol. The summed E-state index contributed by atoms with van der Waals surface area (Å²) in [6, 6.07) is 99.5. The maximum Gasteiger partial charge on any atom is 0.248 e. The number of benzene rings is 12. The van der Waals surface area contributed by atoms with Gasteiger partial charge in [0.15, 0.2) is 17.5 Å². The van der Waals surface area contributed by atoms with Gasteiger partial charge < -0.3 is 13.6 Å². The highest BCUT2D eigenvalue weighted by molar-refractivity contribution is 5.96. The Bertz CT molecular complexity index is 5420. The molecule has 4 aliphatic rings. The first kappa shape index (κ1) is 50.8. The molecule has 424 valence electrons. The number of fused-ring (bicyclic) bond motifs is 19. The molecule has 0 bridgehead atoms. The summed E-state index contributed by atoms with van der Waals surface area (Å²) in [4.78, 5) is 15.8. The standard InChI is InChI=1S/C81H47N7O3/c1-3-18-49(19-4-1)73-82-74(84-75(83-73)54-38-41-61-59-26-9-13-30-65(59)80(68(61)45-54)63-28-11-7-24-57(63)58-25-8-12-29-64(58)80)53-23-17-22-52(44-53)48-34-36-51(37-35-48)77-86-88-79(91-77)56-40-43-72-70(47-56)81(67-32-15-16-33-71(67)89-72)66-31-14-10-27-60(66)62-42-39-55(46-69(62)81)78-87-85-76(90-78)50-20-5-2-6-21-50/h1-47H. The molecular formula is C81H47N7O3. The van der Waals surface area contributed by atoms with Gasteiger partial charge in [0.05, 0.1) is 10.8 Å². The van der Waals surface area contributed by atoms with Crippen LogP contribution >= 0.6 is 0 Å². The van der Waals surface area contributed by atoms with Gasteiger partial charge in [0.2, 0.25) is 23.6 Å². The molecule has 4 heterocycles. The molecular weight excluding hydrogens is 1120 g/mol. The lowest BCUT2D eigenvalue weighted by atomic mass is 9.65. The van der Waals surface area contributed by atoms with Crippen LogP contribution in [0.25, 0.3) is 124 Å². The predicted molar refractivity (Wildman–Crippen MR) is 353 cm³/mol. The molecule has 0 N–H and O–H groups in total. The van der Waals surface area contributed by atoms with Crippen molar-refractivity contribution in [3.05, 3.63) is 330 Å². The average molecular weight is 1170 g/mol. The van der Waals surface area contributed by atoms with E-state index in [9.17, 15) is 0 Å². The van der Waals surface area contributed by atoms with Gasteiger partial charge in [0.25, 0.3) is 0 Å². The summed E-state index contributed by atoms with van der Waals surface area (Å²) in [6.45, 7) is 0. The fourth-order valence-electron chi connectivity index (χ4n) is 14.9. The number of rotatable bonds is 8. The molecule has 1 aliphatic heterocycles. The summed E-state index contributed by atoms with van der Waals surface area (Å²) < 4.78 is 19.8. The molecule has 0 saturated heterocycles. The van der Waals surface area contributed by atoms with Crippen molar-refractivity contribution in [1.82, 2.24) is 35.3 Å². The molecule has 0 fully saturated rings. The molecule has 1 unspecified atom stereocenters. The lowest BCUT2D eigenvalue weighted by Crippen LogP contribution is -2.32. The van der Waals surface area contributed by atoms with E-state index in [1.807, 2.05) is 84.9 Å². The van der Waals surface area contributed by atoms with Crippen molar-refractivity contribution in [2.24, 2.45) is 0 Å². The zero-order chi connectivity index (χ0) is 59.8. The van der Waals surface area contributed by atoms with Crippen LogP contribution in [0.15, 0.2) is 294 Å². The second kappa shape index (κ2) is 19.6. The van der Waals surface area contributed by atoms with Crippen LogP contribution in [0.3, 0.4) is 0 Å². The van der Waals surface area contributed by atoms with E-state index in [0.29, 0.717) is 41.0 Å². The third kappa shape index (κ3) is 7.50. The van der Waals surface area contributed by atoms with E-state index in [1.54, 1.807) is 0 Å². The number of aromatic nitrogens is 7. The molecule has 15 aromatic rings. The molecule has 1 atom stereocenters. The molecule has 0 amide bonds. The molecule has 0 radical (unpaired) electrons. The molecule has 10 nitrogen and oxygen atoms in total. The molecule has 91 heavy (non-hydrogen) atoms. The second-order valence-electron chi connectivity index (χ2n) is 23.5. The van der Waals surface area contributed by atoms with E-state index in [1.165, 1.54) is 44.5 Å². The Hall–Kier alpha value is -12.3. The second-order valence-corrected chi connectivity index (χ2v) is 23.5. The molecule has 12 aromatic carbocycles. The van der Waals surface area contributed by atoms with Gasteiger partial charge in [0, 0.05) is 50.1 Å². The van der Waals surface area contributed by atoms with Gasteiger partial charge in [-0.25, -0.2) is 15.0 Å². The van der Waals surface area contributed by atoms with Gasteiger partial charge >= 0.3 is 0 Å². The third-order valence-corrected chi connectivity index (χ3v) is 18.8. The first-order valence-electron chi connectivity index (χ1n) is 30.4. The Morgan fingerprint density at radius 1 is 0.209 bits per heavy atom. The maximum absolute atomic E-state index is 6.79. The van der Waals surface area contributed by atoms with Gasteiger partial charge in [-0.2, -0.15) is 0 Å². The SMILES string of the molecule is c1ccc(-c2nc(-c3cccc(-c4ccc(-c5nnc(-c6ccc7c(c6)C6(c8ccccc8O7)c7ccccc7-c7ccc(-c8nnc(-c9ccccc9)o8)cc76)o5)cc4)c3)nc(-c3ccc4c(c3)C3(c5ccccc5-c5ccccc53)c3ccccc3-4)n2)cc1. The van der Waals surface area contributed by atoms with E-state index in [4.69, 9.17) is 28.5 Å². The van der Waals surface area contributed by atoms with Crippen molar-refractivity contribution >= 4 is 0 Å². The highest BCUT2D eigenvalue weighted by Crippen LogP contribution is 2.65. The Labute approximate surface area is 522 Å². The first-order valence-corrected chi connectivity index (χ1v) is 30.4. The lowest BCUT2D eigenvalue weighted by molar-refractivity contribution is 0.436. The van der Waals surface area contributed by atoms with Crippen molar-refractivity contribution < 1.29 is 13.6 Å². The van der Waals surface area contributed by atoms with Crippen molar-refractivity contribution in [2.45, 2.75) is 10.8 Å². The van der Waals surface area contributed by atoms with Gasteiger partial charge in [-0.3, -0.25) is 0 Å². The molecule has 0 saturated carbocycles. The highest BCUT2D eigenvalue weighted by Gasteiger charge is 2.53. The summed E-state index contributed by atoms with van der Waals surface area (Å²) in [7, 11) is 0. The zero-order valence-electron chi connectivity index (χ0n) is 48.5. The summed E-state index contributed by atoms with van der Waals surface area (Å²) in [5.74, 6) is 4.95. The summed E-state index contributed by atoms with van der Waals surface area (Å²) in [6.07, 6.45) is 0. The van der Waals surface area contributed by atoms with E-state index < -0.39 is 10.8 Å².